The van der Waals surface area contributed by atoms with Crippen molar-refractivity contribution in [2.45, 2.75) is 11.9 Å². The summed E-state index contributed by atoms with van der Waals surface area (Å²) < 4.78 is 34.7. The Morgan fingerprint density at radius 2 is 1.63 bits per heavy atom. The molecule has 1 aromatic carbocycles. The Bertz CT molecular complexity index is 1190. The van der Waals surface area contributed by atoms with E-state index in [1.165, 1.54) is 20.1 Å². The number of aromatic nitrogens is 2. The van der Waals surface area contributed by atoms with Gasteiger partial charge in [-0.05, 0) is 19.1 Å². The molecule has 0 N–H and O–H groups in total. The van der Waals surface area contributed by atoms with E-state index in [2.05, 4.69) is 5.10 Å². The number of halogens is 1. The average Bonchev–Trinajstić information content (AvgIpc) is 3.27. The minimum absolute atomic E-state index is 0.0330. The first-order valence-electron chi connectivity index (χ1n) is 11.5. The molecular weight excluding hydrogens is 496 g/mol. The highest BCUT2D eigenvalue weighted by atomic mass is 35.5. The van der Waals surface area contributed by atoms with Crippen LogP contribution in [-0.2, 0) is 21.8 Å². The van der Waals surface area contributed by atoms with Crippen molar-refractivity contribution >= 4 is 39.3 Å². The van der Waals surface area contributed by atoms with Crippen LogP contribution < -0.4 is 4.90 Å². The zero-order chi connectivity index (χ0) is 25.2. The van der Waals surface area contributed by atoms with E-state index < -0.39 is 22.0 Å². The first-order chi connectivity index (χ1) is 16.7. The van der Waals surface area contributed by atoms with Gasteiger partial charge >= 0.3 is 6.09 Å². The lowest BCUT2D eigenvalue weighted by Gasteiger charge is -2.36. The van der Waals surface area contributed by atoms with Crippen molar-refractivity contribution in [3.63, 3.8) is 0 Å². The van der Waals surface area contributed by atoms with Gasteiger partial charge in [-0.25, -0.2) is 13.2 Å². The predicted molar refractivity (Wildman–Crippen MR) is 130 cm³/mol. The first-order valence-corrected chi connectivity index (χ1v) is 13.3. The lowest BCUT2D eigenvalue weighted by molar-refractivity contribution is 0.0567. The number of rotatable bonds is 5. The molecule has 35 heavy (non-hydrogen) atoms. The SMILES string of the molecule is CCOC(=O)N1CCN(C(=O)c2cn(C)nc2S(=O)(=O)N2CCN(c3ccccc3Cl)CC2)CC1. The lowest BCUT2D eigenvalue weighted by atomic mass is 10.2. The Labute approximate surface area is 209 Å². The third-order valence-corrected chi connectivity index (χ3v) is 8.29. The number of anilines is 1. The summed E-state index contributed by atoms with van der Waals surface area (Å²) in [6, 6.07) is 7.45. The van der Waals surface area contributed by atoms with E-state index >= 15 is 0 Å². The molecule has 0 bridgehead atoms. The molecule has 0 radical (unpaired) electrons. The number of amides is 2. The van der Waals surface area contributed by atoms with Gasteiger partial charge in [0, 0.05) is 65.6 Å². The summed E-state index contributed by atoms with van der Waals surface area (Å²) in [5.41, 5.74) is 0.896. The van der Waals surface area contributed by atoms with Gasteiger partial charge in [0.2, 0.25) is 5.03 Å². The van der Waals surface area contributed by atoms with Crippen molar-refractivity contribution in [1.29, 1.82) is 0 Å². The highest BCUT2D eigenvalue weighted by molar-refractivity contribution is 7.89. The molecule has 1 aromatic heterocycles. The number of para-hydroxylation sites is 1. The van der Waals surface area contributed by atoms with E-state index in [0.717, 1.165) is 5.69 Å². The number of sulfonamides is 1. The second kappa shape index (κ2) is 10.4. The Morgan fingerprint density at radius 1 is 1.00 bits per heavy atom. The molecule has 0 unspecified atom stereocenters. The first kappa shape index (κ1) is 25.3. The topological polar surface area (TPSA) is 108 Å². The maximum absolute atomic E-state index is 13.5. The van der Waals surface area contributed by atoms with Crippen LogP contribution in [0.3, 0.4) is 0 Å². The predicted octanol–water partition coefficient (Wildman–Crippen LogP) is 1.50. The fourth-order valence-electron chi connectivity index (χ4n) is 4.28. The zero-order valence-electron chi connectivity index (χ0n) is 19.8. The van der Waals surface area contributed by atoms with E-state index in [1.807, 2.05) is 23.1 Å². The van der Waals surface area contributed by atoms with Gasteiger partial charge in [0.15, 0.2) is 0 Å². The number of benzene rings is 1. The van der Waals surface area contributed by atoms with Gasteiger partial charge in [-0.1, -0.05) is 23.7 Å². The normalized spacial score (nSPS) is 17.5. The summed E-state index contributed by atoms with van der Waals surface area (Å²) in [4.78, 5) is 30.3. The number of carbonyl (C=O) groups excluding carboxylic acids is 2. The van der Waals surface area contributed by atoms with E-state index in [0.29, 0.717) is 31.2 Å². The molecule has 2 aliphatic heterocycles. The Hall–Kier alpha value is -2.83. The summed E-state index contributed by atoms with van der Waals surface area (Å²) in [5, 5.41) is 4.52. The van der Waals surface area contributed by atoms with Crippen molar-refractivity contribution in [3.05, 3.63) is 41.0 Å². The molecule has 4 rings (SSSR count). The van der Waals surface area contributed by atoms with Gasteiger partial charge < -0.3 is 19.4 Å². The second-order valence-corrected chi connectivity index (χ2v) is 10.6. The molecule has 2 saturated heterocycles. The highest BCUT2D eigenvalue weighted by Gasteiger charge is 2.36. The minimum Gasteiger partial charge on any atom is -0.450 e. The molecule has 3 heterocycles. The van der Waals surface area contributed by atoms with Gasteiger partial charge in [0.05, 0.1) is 22.9 Å². The van der Waals surface area contributed by atoms with Crippen LogP contribution in [0.1, 0.15) is 17.3 Å². The third kappa shape index (κ3) is 5.24. The molecular formula is C22H29ClN6O5S. The largest absolute Gasteiger partial charge is 0.450 e. The van der Waals surface area contributed by atoms with E-state index in [4.69, 9.17) is 16.3 Å². The fraction of sp³-hybridized carbons (Fsp3) is 0.500. The van der Waals surface area contributed by atoms with Crippen LogP contribution in [-0.4, -0.2) is 103 Å². The van der Waals surface area contributed by atoms with Crippen LogP contribution in [0, 0.1) is 0 Å². The number of carbonyl (C=O) groups is 2. The summed E-state index contributed by atoms with van der Waals surface area (Å²) in [5.74, 6) is -0.421. The smallest absolute Gasteiger partial charge is 0.409 e. The van der Waals surface area contributed by atoms with Gasteiger partial charge in [-0.3, -0.25) is 9.48 Å². The number of aryl methyl sites for hydroxylation is 1. The quantitative estimate of drug-likeness (QED) is 0.583. The van der Waals surface area contributed by atoms with Crippen molar-refractivity contribution in [3.8, 4) is 0 Å². The molecule has 0 aliphatic carbocycles. The van der Waals surface area contributed by atoms with Crippen LogP contribution in [0.5, 0.6) is 0 Å². The summed E-state index contributed by atoms with van der Waals surface area (Å²) in [6.07, 6.45) is 1.02. The molecule has 2 fully saturated rings. The number of hydrogen-bond acceptors (Lipinski definition) is 7. The van der Waals surface area contributed by atoms with Gasteiger partial charge in [0.25, 0.3) is 15.9 Å². The number of piperazine rings is 2. The molecule has 190 valence electrons. The summed E-state index contributed by atoms with van der Waals surface area (Å²) in [6.45, 7) is 4.63. The molecule has 2 amide bonds. The third-order valence-electron chi connectivity index (χ3n) is 6.13. The van der Waals surface area contributed by atoms with Crippen LogP contribution in [0.15, 0.2) is 35.5 Å². The number of hydrogen-bond donors (Lipinski definition) is 0. The Kier molecular flexibility index (Phi) is 7.53. The molecule has 2 aliphatic rings. The van der Waals surface area contributed by atoms with Crippen LogP contribution in [0.4, 0.5) is 10.5 Å². The maximum atomic E-state index is 13.5. The molecule has 0 spiro atoms. The van der Waals surface area contributed by atoms with Crippen LogP contribution in [0.25, 0.3) is 0 Å². The average molecular weight is 525 g/mol. The van der Waals surface area contributed by atoms with Gasteiger partial charge in [0.1, 0.15) is 0 Å². The van der Waals surface area contributed by atoms with E-state index in [9.17, 15) is 18.0 Å². The lowest BCUT2D eigenvalue weighted by Crippen LogP contribution is -2.51. The summed E-state index contributed by atoms with van der Waals surface area (Å²) >= 11 is 6.30. The molecule has 0 atom stereocenters. The summed E-state index contributed by atoms with van der Waals surface area (Å²) in [7, 11) is -2.41. The van der Waals surface area contributed by atoms with Crippen molar-refractivity contribution in [2.24, 2.45) is 7.05 Å². The second-order valence-electron chi connectivity index (χ2n) is 8.34. The molecule has 11 nitrogen and oxygen atoms in total. The number of nitrogens with zero attached hydrogens (tertiary/aromatic N) is 6. The fourth-order valence-corrected chi connectivity index (χ4v) is 6.08. The van der Waals surface area contributed by atoms with Crippen LogP contribution in [0.2, 0.25) is 5.02 Å². The molecule has 13 heteroatoms. The van der Waals surface area contributed by atoms with Gasteiger partial charge in [-0.15, -0.1) is 0 Å². The van der Waals surface area contributed by atoms with Crippen LogP contribution >= 0.6 is 11.6 Å². The van der Waals surface area contributed by atoms with E-state index in [1.54, 1.807) is 24.9 Å². The number of ether oxygens (including phenoxy) is 1. The Balaban J connectivity index is 1.46. The Morgan fingerprint density at radius 3 is 2.26 bits per heavy atom. The monoisotopic (exact) mass is 524 g/mol. The zero-order valence-corrected chi connectivity index (χ0v) is 21.3. The maximum Gasteiger partial charge on any atom is 0.409 e. The van der Waals surface area contributed by atoms with Crippen molar-refractivity contribution < 1.29 is 22.7 Å². The van der Waals surface area contributed by atoms with Gasteiger partial charge in [-0.2, -0.15) is 9.40 Å². The van der Waals surface area contributed by atoms with E-state index in [-0.39, 0.29) is 43.4 Å². The highest BCUT2D eigenvalue weighted by Crippen LogP contribution is 2.28. The minimum atomic E-state index is -3.99. The van der Waals surface area contributed by atoms with Crippen molar-refractivity contribution in [1.82, 2.24) is 23.9 Å². The molecule has 2 aromatic rings. The molecule has 0 saturated carbocycles. The standard InChI is InChI=1S/C22H29ClN6O5S/c1-3-34-22(31)28-10-8-27(9-11-28)21(30)17-16-25(2)24-20(17)35(32,33)29-14-12-26(13-15-29)19-7-5-4-6-18(19)23/h4-7,16H,3,8-15H2,1-2H3. The van der Waals surface area contributed by atoms with Crippen molar-refractivity contribution in [2.75, 3.05) is 63.9 Å².